The van der Waals surface area contributed by atoms with Crippen LogP contribution in [0.25, 0.3) is 0 Å². The lowest BCUT2D eigenvalue weighted by Crippen LogP contribution is -1.95. The second-order valence-corrected chi connectivity index (χ2v) is 3.44. The van der Waals surface area contributed by atoms with E-state index in [1.165, 1.54) is 0 Å². The van der Waals surface area contributed by atoms with Crippen LogP contribution in [-0.2, 0) is 11.2 Å². The van der Waals surface area contributed by atoms with E-state index in [1.807, 2.05) is 6.07 Å². The zero-order chi connectivity index (χ0) is 9.68. The highest BCUT2D eigenvalue weighted by Crippen LogP contribution is 2.20. The number of aromatic nitrogens is 1. The van der Waals surface area contributed by atoms with Crippen LogP contribution in [0.15, 0.2) is 16.7 Å². The number of aryl methyl sites for hydroxylation is 1. The van der Waals surface area contributed by atoms with Gasteiger partial charge >= 0.3 is 0 Å². The van der Waals surface area contributed by atoms with Gasteiger partial charge in [0.1, 0.15) is 6.29 Å². The molecule has 0 aliphatic carbocycles. The van der Waals surface area contributed by atoms with Crippen LogP contribution in [0.1, 0.15) is 12.0 Å². The number of hydrogen-bond donors (Lipinski definition) is 0. The number of halogens is 1. The van der Waals surface area contributed by atoms with Crippen LogP contribution in [0.4, 0.5) is 0 Å². The van der Waals surface area contributed by atoms with Gasteiger partial charge in [-0.1, -0.05) is 0 Å². The first-order valence-corrected chi connectivity index (χ1v) is 4.69. The first-order chi connectivity index (χ1) is 6.27. The molecule has 0 spiro atoms. The quantitative estimate of drug-likeness (QED) is 0.760. The standard InChI is InChI=1S/C9H10BrNO2/c1-13-9-7(3-2-4-12)5-8(10)6-11-9/h4-6H,2-3H2,1H3. The van der Waals surface area contributed by atoms with Gasteiger partial charge in [-0.2, -0.15) is 0 Å². The Balaban J connectivity index is 2.87. The Morgan fingerprint density at radius 3 is 3.08 bits per heavy atom. The summed E-state index contributed by atoms with van der Waals surface area (Å²) in [6.45, 7) is 0. The number of carbonyl (C=O) groups is 1. The average Bonchev–Trinajstić information content (AvgIpc) is 2.15. The van der Waals surface area contributed by atoms with Crippen LogP contribution in [0, 0.1) is 0 Å². The lowest BCUT2D eigenvalue weighted by molar-refractivity contribution is -0.107. The summed E-state index contributed by atoms with van der Waals surface area (Å²) in [6, 6.07) is 1.91. The SMILES string of the molecule is COc1ncc(Br)cc1CCC=O. The minimum absolute atomic E-state index is 0.495. The van der Waals surface area contributed by atoms with Gasteiger partial charge in [0.05, 0.1) is 7.11 Å². The zero-order valence-corrected chi connectivity index (χ0v) is 8.87. The number of methoxy groups -OCH3 is 1. The smallest absolute Gasteiger partial charge is 0.216 e. The average molecular weight is 244 g/mol. The van der Waals surface area contributed by atoms with Crippen molar-refractivity contribution in [2.45, 2.75) is 12.8 Å². The van der Waals surface area contributed by atoms with Gasteiger partial charge in [0, 0.05) is 22.7 Å². The highest BCUT2D eigenvalue weighted by Gasteiger charge is 2.04. The molecule has 0 bridgehead atoms. The van der Waals surface area contributed by atoms with Crippen molar-refractivity contribution >= 4 is 22.2 Å². The molecule has 1 aromatic heterocycles. The molecule has 70 valence electrons. The molecule has 0 radical (unpaired) electrons. The van der Waals surface area contributed by atoms with Crippen LogP contribution in [0.3, 0.4) is 0 Å². The number of carbonyl (C=O) groups excluding carboxylic acids is 1. The molecule has 13 heavy (non-hydrogen) atoms. The maximum absolute atomic E-state index is 10.2. The molecule has 0 amide bonds. The summed E-state index contributed by atoms with van der Waals surface area (Å²) in [6.07, 6.45) is 3.72. The molecular formula is C9H10BrNO2. The van der Waals surface area contributed by atoms with Gasteiger partial charge in [0.2, 0.25) is 5.88 Å². The van der Waals surface area contributed by atoms with E-state index in [0.717, 1.165) is 16.3 Å². The third-order valence-corrected chi connectivity index (χ3v) is 2.05. The molecule has 1 heterocycles. The van der Waals surface area contributed by atoms with E-state index in [1.54, 1.807) is 13.3 Å². The summed E-state index contributed by atoms with van der Waals surface area (Å²) in [5.41, 5.74) is 0.948. The van der Waals surface area contributed by atoms with Gasteiger partial charge in [-0.15, -0.1) is 0 Å². The zero-order valence-electron chi connectivity index (χ0n) is 7.29. The maximum atomic E-state index is 10.2. The third-order valence-electron chi connectivity index (χ3n) is 1.62. The highest BCUT2D eigenvalue weighted by molar-refractivity contribution is 9.10. The Kier molecular flexibility index (Phi) is 3.89. The number of nitrogens with zero attached hydrogens (tertiary/aromatic N) is 1. The number of pyridine rings is 1. The summed E-state index contributed by atoms with van der Waals surface area (Å²) >= 11 is 3.31. The molecule has 0 atom stereocenters. The van der Waals surface area contributed by atoms with Crippen LogP contribution < -0.4 is 4.74 Å². The van der Waals surface area contributed by atoms with E-state index in [2.05, 4.69) is 20.9 Å². The van der Waals surface area contributed by atoms with E-state index in [0.29, 0.717) is 18.7 Å². The van der Waals surface area contributed by atoms with Crippen molar-refractivity contribution in [3.8, 4) is 5.88 Å². The van der Waals surface area contributed by atoms with Crippen LogP contribution in [0.5, 0.6) is 5.88 Å². The van der Waals surface area contributed by atoms with Gasteiger partial charge in [-0.25, -0.2) is 4.98 Å². The van der Waals surface area contributed by atoms with Crippen molar-refractivity contribution in [3.05, 3.63) is 22.3 Å². The Bertz CT molecular complexity index is 302. The van der Waals surface area contributed by atoms with E-state index >= 15 is 0 Å². The Morgan fingerprint density at radius 2 is 2.46 bits per heavy atom. The molecule has 0 unspecified atom stereocenters. The first-order valence-electron chi connectivity index (χ1n) is 3.90. The molecule has 4 heteroatoms. The molecule has 0 N–H and O–H groups in total. The fourth-order valence-corrected chi connectivity index (χ4v) is 1.42. The van der Waals surface area contributed by atoms with E-state index < -0.39 is 0 Å². The lowest BCUT2D eigenvalue weighted by Gasteiger charge is -2.05. The van der Waals surface area contributed by atoms with Crippen molar-refractivity contribution in [2.75, 3.05) is 7.11 Å². The molecule has 0 aliphatic heterocycles. The third kappa shape index (κ3) is 2.81. The highest BCUT2D eigenvalue weighted by atomic mass is 79.9. The minimum Gasteiger partial charge on any atom is -0.481 e. The number of ether oxygens (including phenoxy) is 1. The second kappa shape index (κ2) is 4.97. The van der Waals surface area contributed by atoms with Gasteiger partial charge < -0.3 is 9.53 Å². The molecule has 0 fully saturated rings. The van der Waals surface area contributed by atoms with Crippen LogP contribution >= 0.6 is 15.9 Å². The fraction of sp³-hybridized carbons (Fsp3) is 0.333. The summed E-state index contributed by atoms with van der Waals surface area (Å²) in [5, 5.41) is 0. The van der Waals surface area contributed by atoms with Crippen LogP contribution in [0.2, 0.25) is 0 Å². The number of rotatable bonds is 4. The lowest BCUT2D eigenvalue weighted by atomic mass is 10.1. The number of hydrogen-bond acceptors (Lipinski definition) is 3. The molecule has 0 saturated heterocycles. The summed E-state index contributed by atoms with van der Waals surface area (Å²) in [7, 11) is 1.57. The Morgan fingerprint density at radius 1 is 1.69 bits per heavy atom. The minimum atomic E-state index is 0.495. The predicted molar refractivity (Wildman–Crippen MR) is 52.9 cm³/mol. The van der Waals surface area contributed by atoms with Crippen LogP contribution in [-0.4, -0.2) is 18.4 Å². The van der Waals surface area contributed by atoms with E-state index in [9.17, 15) is 4.79 Å². The van der Waals surface area contributed by atoms with Crippen molar-refractivity contribution in [1.82, 2.24) is 4.98 Å². The predicted octanol–water partition coefficient (Wildman–Crippen LogP) is 1.98. The normalized spacial score (nSPS) is 9.69. The van der Waals surface area contributed by atoms with E-state index in [4.69, 9.17) is 4.74 Å². The monoisotopic (exact) mass is 243 g/mol. The maximum Gasteiger partial charge on any atom is 0.216 e. The summed E-state index contributed by atoms with van der Waals surface area (Å²) in [5.74, 6) is 0.588. The van der Waals surface area contributed by atoms with E-state index in [-0.39, 0.29) is 0 Å². The summed E-state index contributed by atoms with van der Waals surface area (Å²) in [4.78, 5) is 14.3. The van der Waals surface area contributed by atoms with Crippen molar-refractivity contribution in [1.29, 1.82) is 0 Å². The molecule has 0 saturated carbocycles. The molecule has 1 aromatic rings. The van der Waals surface area contributed by atoms with Crippen molar-refractivity contribution < 1.29 is 9.53 Å². The largest absolute Gasteiger partial charge is 0.481 e. The molecule has 0 aliphatic rings. The van der Waals surface area contributed by atoms with Gasteiger partial charge in [0.15, 0.2) is 0 Å². The van der Waals surface area contributed by atoms with Gasteiger partial charge in [0.25, 0.3) is 0 Å². The molecule has 3 nitrogen and oxygen atoms in total. The molecule has 0 aromatic carbocycles. The number of aldehydes is 1. The van der Waals surface area contributed by atoms with Crippen molar-refractivity contribution in [3.63, 3.8) is 0 Å². The Hall–Kier alpha value is -0.900. The topological polar surface area (TPSA) is 39.2 Å². The van der Waals surface area contributed by atoms with Gasteiger partial charge in [-0.3, -0.25) is 0 Å². The second-order valence-electron chi connectivity index (χ2n) is 2.53. The van der Waals surface area contributed by atoms with Crippen molar-refractivity contribution in [2.24, 2.45) is 0 Å². The summed E-state index contributed by atoms with van der Waals surface area (Å²) < 4.78 is 5.95. The first kappa shape index (κ1) is 10.2. The molecular weight excluding hydrogens is 234 g/mol. The fourth-order valence-electron chi connectivity index (χ4n) is 1.05. The molecule has 1 rings (SSSR count). The Labute approximate surface area is 85.3 Å². The van der Waals surface area contributed by atoms with Gasteiger partial charge in [-0.05, 0) is 28.4 Å².